The van der Waals surface area contributed by atoms with E-state index in [0.29, 0.717) is 6.07 Å². The fraction of sp³-hybridized carbons (Fsp3) is 0.0909. The van der Waals surface area contributed by atoms with Gasteiger partial charge in [-0.05, 0) is 18.2 Å². The van der Waals surface area contributed by atoms with Crippen LogP contribution in [0, 0.1) is 5.82 Å². The molecule has 0 spiro atoms. The quantitative estimate of drug-likeness (QED) is 0.821. The fourth-order valence-corrected chi connectivity index (χ4v) is 1.42. The van der Waals surface area contributed by atoms with Crippen LogP contribution in [0.1, 0.15) is 5.56 Å². The summed E-state index contributed by atoms with van der Waals surface area (Å²) in [7, 11) is 0. The Labute approximate surface area is 111 Å². The molecular weight excluding hydrogens is 286 g/mol. The lowest BCUT2D eigenvalue weighted by molar-refractivity contribution is -0.137. The van der Waals surface area contributed by atoms with Crippen molar-refractivity contribution >= 4 is 18.2 Å². The number of hydrogen-bond acceptors (Lipinski definition) is 3. The molecule has 0 atom stereocenters. The molecule has 0 aliphatic rings. The standard InChI is InChI=1S/C11H7F4N3.ClH/c12-8-3-6(11(13,14)15)1-2-7(8)9-4-10(16)18-5-17-9;/h1-5H,(H2,16,17,18);1H. The summed E-state index contributed by atoms with van der Waals surface area (Å²) in [4.78, 5) is 7.37. The van der Waals surface area contributed by atoms with Crippen molar-refractivity contribution < 1.29 is 17.6 Å². The van der Waals surface area contributed by atoms with Crippen molar-refractivity contribution in [3.63, 3.8) is 0 Å². The van der Waals surface area contributed by atoms with Crippen LogP contribution in [0.25, 0.3) is 11.3 Å². The molecule has 0 aliphatic heterocycles. The van der Waals surface area contributed by atoms with Gasteiger partial charge < -0.3 is 5.73 Å². The summed E-state index contributed by atoms with van der Waals surface area (Å²) in [5.74, 6) is -0.901. The Morgan fingerprint density at radius 2 is 1.74 bits per heavy atom. The van der Waals surface area contributed by atoms with Crippen LogP contribution in [0.2, 0.25) is 0 Å². The highest BCUT2D eigenvalue weighted by Gasteiger charge is 2.31. The molecule has 2 aromatic rings. The van der Waals surface area contributed by atoms with Gasteiger partial charge in [-0.2, -0.15) is 13.2 Å². The van der Waals surface area contributed by atoms with E-state index in [1.165, 1.54) is 6.07 Å². The van der Waals surface area contributed by atoms with Crippen molar-refractivity contribution in [1.82, 2.24) is 9.97 Å². The summed E-state index contributed by atoms with van der Waals surface area (Å²) < 4.78 is 50.7. The Balaban J connectivity index is 0.00000180. The number of nitrogens with zero attached hydrogens (tertiary/aromatic N) is 2. The molecule has 1 heterocycles. The van der Waals surface area contributed by atoms with Crippen LogP contribution in [0.4, 0.5) is 23.4 Å². The molecule has 19 heavy (non-hydrogen) atoms. The molecule has 3 nitrogen and oxygen atoms in total. The van der Waals surface area contributed by atoms with Gasteiger partial charge in [-0.15, -0.1) is 12.4 Å². The van der Waals surface area contributed by atoms with Gasteiger partial charge >= 0.3 is 6.18 Å². The number of nitrogen functional groups attached to an aromatic ring is 1. The number of anilines is 1. The zero-order valence-corrected chi connectivity index (χ0v) is 10.1. The molecular formula is C11H8ClF4N3. The van der Waals surface area contributed by atoms with Gasteiger partial charge in [0.2, 0.25) is 0 Å². The van der Waals surface area contributed by atoms with Crippen molar-refractivity contribution in [2.24, 2.45) is 0 Å². The lowest BCUT2D eigenvalue weighted by Gasteiger charge is -2.08. The van der Waals surface area contributed by atoms with Gasteiger partial charge in [0, 0.05) is 11.6 Å². The Kier molecular flexibility index (Phi) is 4.31. The topological polar surface area (TPSA) is 51.8 Å². The summed E-state index contributed by atoms with van der Waals surface area (Å²) in [6, 6.07) is 3.51. The second-order valence-corrected chi connectivity index (χ2v) is 3.52. The second-order valence-electron chi connectivity index (χ2n) is 3.52. The normalized spacial score (nSPS) is 10.9. The third-order valence-electron chi connectivity index (χ3n) is 2.26. The smallest absolute Gasteiger partial charge is 0.384 e. The van der Waals surface area contributed by atoms with Crippen molar-refractivity contribution in [1.29, 1.82) is 0 Å². The predicted octanol–water partition coefficient (Wildman–Crippen LogP) is 3.31. The van der Waals surface area contributed by atoms with Gasteiger partial charge in [0.15, 0.2) is 0 Å². The third-order valence-corrected chi connectivity index (χ3v) is 2.26. The molecule has 0 amide bonds. The lowest BCUT2D eigenvalue weighted by atomic mass is 10.1. The van der Waals surface area contributed by atoms with E-state index in [1.54, 1.807) is 0 Å². The monoisotopic (exact) mass is 293 g/mol. The number of hydrogen-bond donors (Lipinski definition) is 1. The van der Waals surface area contributed by atoms with E-state index in [1.807, 2.05) is 0 Å². The number of halogens is 5. The summed E-state index contributed by atoms with van der Waals surface area (Å²) in [6.07, 6.45) is -3.47. The SMILES string of the molecule is Cl.Nc1cc(-c2ccc(C(F)(F)F)cc2F)ncn1. The van der Waals surface area contributed by atoms with E-state index in [-0.39, 0.29) is 29.5 Å². The molecule has 2 rings (SSSR count). The molecule has 0 aliphatic carbocycles. The number of benzene rings is 1. The average molecular weight is 294 g/mol. The maximum absolute atomic E-state index is 13.6. The highest BCUT2D eigenvalue weighted by Crippen LogP contribution is 2.32. The second kappa shape index (κ2) is 5.40. The summed E-state index contributed by atoms with van der Waals surface area (Å²) in [5.41, 5.74) is 4.42. The minimum atomic E-state index is -4.58. The van der Waals surface area contributed by atoms with Gasteiger partial charge in [-0.1, -0.05) is 0 Å². The number of nitrogens with two attached hydrogens (primary N) is 1. The van der Waals surface area contributed by atoms with Crippen molar-refractivity contribution in [3.05, 3.63) is 42.0 Å². The fourth-order valence-electron chi connectivity index (χ4n) is 1.42. The van der Waals surface area contributed by atoms with Gasteiger partial charge in [-0.3, -0.25) is 0 Å². The van der Waals surface area contributed by atoms with Crippen LogP contribution < -0.4 is 5.73 Å². The Hall–Kier alpha value is -1.89. The molecule has 0 saturated carbocycles. The molecule has 1 aromatic carbocycles. The summed E-state index contributed by atoms with van der Waals surface area (Å²) >= 11 is 0. The van der Waals surface area contributed by atoms with Crippen LogP contribution in [0.5, 0.6) is 0 Å². The van der Waals surface area contributed by atoms with Crippen LogP contribution >= 0.6 is 12.4 Å². The van der Waals surface area contributed by atoms with Gasteiger partial charge in [0.05, 0.1) is 11.3 Å². The highest BCUT2D eigenvalue weighted by atomic mass is 35.5. The molecule has 1 aromatic heterocycles. The van der Waals surface area contributed by atoms with Crippen LogP contribution in [-0.2, 0) is 6.18 Å². The first-order chi connectivity index (χ1) is 8.38. The van der Waals surface area contributed by atoms with E-state index in [2.05, 4.69) is 9.97 Å². The van der Waals surface area contributed by atoms with E-state index in [4.69, 9.17) is 5.73 Å². The molecule has 0 saturated heterocycles. The molecule has 2 N–H and O–H groups in total. The van der Waals surface area contributed by atoms with E-state index in [9.17, 15) is 17.6 Å². The first-order valence-corrected chi connectivity index (χ1v) is 4.82. The van der Waals surface area contributed by atoms with Crippen molar-refractivity contribution in [2.45, 2.75) is 6.18 Å². The van der Waals surface area contributed by atoms with Crippen molar-refractivity contribution in [2.75, 3.05) is 5.73 Å². The van der Waals surface area contributed by atoms with Crippen molar-refractivity contribution in [3.8, 4) is 11.3 Å². The maximum Gasteiger partial charge on any atom is 0.416 e. The van der Waals surface area contributed by atoms with Gasteiger partial charge in [0.1, 0.15) is 18.0 Å². The molecule has 8 heteroatoms. The van der Waals surface area contributed by atoms with E-state index in [0.717, 1.165) is 18.5 Å². The van der Waals surface area contributed by atoms with Gasteiger partial charge in [0.25, 0.3) is 0 Å². The third kappa shape index (κ3) is 3.31. The molecule has 0 bridgehead atoms. The first-order valence-electron chi connectivity index (χ1n) is 4.82. The molecule has 0 unspecified atom stereocenters. The van der Waals surface area contributed by atoms with E-state index < -0.39 is 17.6 Å². The Morgan fingerprint density at radius 1 is 1.05 bits per heavy atom. The van der Waals surface area contributed by atoms with E-state index >= 15 is 0 Å². The highest BCUT2D eigenvalue weighted by molar-refractivity contribution is 5.85. The Morgan fingerprint density at radius 3 is 2.26 bits per heavy atom. The molecule has 0 fully saturated rings. The molecule has 102 valence electrons. The van der Waals surface area contributed by atoms with Crippen LogP contribution in [-0.4, -0.2) is 9.97 Å². The minimum Gasteiger partial charge on any atom is -0.384 e. The lowest BCUT2D eigenvalue weighted by Crippen LogP contribution is -2.05. The van der Waals surface area contributed by atoms with Crippen LogP contribution in [0.3, 0.4) is 0 Å². The maximum atomic E-state index is 13.6. The van der Waals surface area contributed by atoms with Gasteiger partial charge in [-0.25, -0.2) is 14.4 Å². The largest absolute Gasteiger partial charge is 0.416 e. The zero-order chi connectivity index (χ0) is 13.3. The predicted molar refractivity (Wildman–Crippen MR) is 64.1 cm³/mol. The zero-order valence-electron chi connectivity index (χ0n) is 9.28. The number of aromatic nitrogens is 2. The molecule has 0 radical (unpaired) electrons. The summed E-state index contributed by atoms with van der Waals surface area (Å²) in [5, 5.41) is 0. The Bertz CT molecular complexity index is 586. The first kappa shape index (κ1) is 15.2. The minimum absolute atomic E-state index is 0. The number of alkyl halides is 3. The van der Waals surface area contributed by atoms with Crippen LogP contribution in [0.15, 0.2) is 30.6 Å². The average Bonchev–Trinajstić information content (AvgIpc) is 2.27. The number of rotatable bonds is 1. The summed E-state index contributed by atoms with van der Waals surface area (Å²) in [6.45, 7) is 0.